The lowest BCUT2D eigenvalue weighted by atomic mass is 9.89. The van der Waals surface area contributed by atoms with Crippen molar-refractivity contribution in [1.82, 2.24) is 24.2 Å². The van der Waals surface area contributed by atoms with Crippen LogP contribution < -0.4 is 4.90 Å². The molecule has 7 heteroatoms. The number of imidazole rings is 1. The molecule has 3 aromatic heterocycles. The molecule has 170 valence electrons. The van der Waals surface area contributed by atoms with Gasteiger partial charge < -0.3 is 14.5 Å². The van der Waals surface area contributed by atoms with Crippen molar-refractivity contribution in [2.75, 3.05) is 52.3 Å². The first-order valence-electron chi connectivity index (χ1n) is 11.6. The maximum Gasteiger partial charge on any atom is 0.138 e. The Bertz CT molecular complexity index is 1070. The van der Waals surface area contributed by atoms with Crippen LogP contribution in [-0.4, -0.2) is 77.7 Å². The lowest BCUT2D eigenvalue weighted by Crippen LogP contribution is -2.45. The van der Waals surface area contributed by atoms with Gasteiger partial charge in [-0.05, 0) is 57.6 Å². The Labute approximate surface area is 190 Å². The molecule has 0 bridgehead atoms. The van der Waals surface area contributed by atoms with Crippen LogP contribution in [0.3, 0.4) is 0 Å². The summed E-state index contributed by atoms with van der Waals surface area (Å²) in [5.74, 6) is 1.23. The second-order valence-corrected chi connectivity index (χ2v) is 9.30. The summed E-state index contributed by atoms with van der Waals surface area (Å²) in [6.45, 7) is 6.40. The standard InChI is InChI=1S/C25H34N6O/c1-18-7-6-10-26-25(18)22-16-19(32-4)15-21(29(22)3)20-17-31-23(27-20)8-5-9-24(31)30-13-11-28(2)12-14-30/h5-10,17,19,21-22H,11-16H2,1-4H3/t19-,21-,22+/m1/s1. The van der Waals surface area contributed by atoms with Gasteiger partial charge in [0.1, 0.15) is 11.5 Å². The summed E-state index contributed by atoms with van der Waals surface area (Å²) in [7, 11) is 6.23. The van der Waals surface area contributed by atoms with Crippen molar-refractivity contribution in [2.45, 2.75) is 38.0 Å². The van der Waals surface area contributed by atoms with Crippen LogP contribution in [0.5, 0.6) is 0 Å². The first kappa shape index (κ1) is 21.4. The second-order valence-electron chi connectivity index (χ2n) is 9.30. The molecule has 5 rings (SSSR count). The normalized spacial score (nSPS) is 25.5. The molecule has 0 saturated carbocycles. The van der Waals surface area contributed by atoms with E-state index in [9.17, 15) is 0 Å². The summed E-state index contributed by atoms with van der Waals surface area (Å²) < 4.78 is 8.15. The van der Waals surface area contributed by atoms with Gasteiger partial charge >= 0.3 is 0 Å². The number of fused-ring (bicyclic) bond motifs is 1. The summed E-state index contributed by atoms with van der Waals surface area (Å²) >= 11 is 0. The largest absolute Gasteiger partial charge is 0.381 e. The van der Waals surface area contributed by atoms with Gasteiger partial charge in [0.2, 0.25) is 0 Å². The van der Waals surface area contributed by atoms with E-state index in [0.29, 0.717) is 0 Å². The molecule has 2 aliphatic heterocycles. The van der Waals surface area contributed by atoms with Crippen molar-refractivity contribution in [3.63, 3.8) is 0 Å². The minimum absolute atomic E-state index is 0.181. The predicted octanol–water partition coefficient (Wildman–Crippen LogP) is 3.31. The average Bonchev–Trinajstić information content (AvgIpc) is 3.25. The molecular formula is C25H34N6O. The van der Waals surface area contributed by atoms with E-state index in [4.69, 9.17) is 14.7 Å². The van der Waals surface area contributed by atoms with Gasteiger partial charge in [-0.15, -0.1) is 0 Å². The number of piperazine rings is 1. The van der Waals surface area contributed by atoms with Crippen LogP contribution >= 0.6 is 0 Å². The maximum absolute atomic E-state index is 5.88. The number of likely N-dealkylation sites (tertiary alicyclic amines) is 1. The minimum atomic E-state index is 0.181. The number of pyridine rings is 2. The van der Waals surface area contributed by atoms with Gasteiger partial charge in [0, 0.05) is 45.7 Å². The zero-order valence-corrected chi connectivity index (χ0v) is 19.6. The number of rotatable bonds is 4. The number of methoxy groups -OCH3 is 1. The fraction of sp³-hybridized carbons (Fsp3) is 0.520. The Morgan fingerprint density at radius 2 is 1.75 bits per heavy atom. The molecule has 0 amide bonds. The van der Waals surface area contributed by atoms with E-state index >= 15 is 0 Å². The summed E-state index contributed by atoms with van der Waals surface area (Å²) in [4.78, 5) is 17.1. The molecule has 0 aliphatic carbocycles. The van der Waals surface area contributed by atoms with Crippen molar-refractivity contribution in [3.8, 4) is 0 Å². The van der Waals surface area contributed by atoms with Crippen LogP contribution in [0.25, 0.3) is 5.65 Å². The molecule has 2 fully saturated rings. The highest BCUT2D eigenvalue weighted by Gasteiger charge is 2.37. The molecule has 7 nitrogen and oxygen atoms in total. The van der Waals surface area contributed by atoms with E-state index in [0.717, 1.165) is 56.1 Å². The molecule has 0 unspecified atom stereocenters. The number of ether oxygens (including phenoxy) is 1. The third-order valence-corrected chi connectivity index (χ3v) is 7.31. The molecule has 5 heterocycles. The SMILES string of the molecule is CO[C@@H]1C[C@H](c2cn3c(N4CCN(C)CC4)cccc3n2)N(C)[C@H](c2ncccc2C)C1. The smallest absolute Gasteiger partial charge is 0.138 e. The van der Waals surface area contributed by atoms with E-state index in [1.54, 1.807) is 0 Å². The molecule has 2 saturated heterocycles. The highest BCUT2D eigenvalue weighted by atomic mass is 16.5. The third-order valence-electron chi connectivity index (χ3n) is 7.31. The monoisotopic (exact) mass is 434 g/mol. The van der Waals surface area contributed by atoms with E-state index in [-0.39, 0.29) is 18.2 Å². The zero-order chi connectivity index (χ0) is 22.2. The number of piperidine rings is 1. The van der Waals surface area contributed by atoms with Crippen LogP contribution in [0.15, 0.2) is 42.7 Å². The van der Waals surface area contributed by atoms with Crippen molar-refractivity contribution >= 4 is 11.5 Å². The number of aromatic nitrogens is 3. The molecule has 32 heavy (non-hydrogen) atoms. The van der Waals surface area contributed by atoms with Crippen LogP contribution in [0.2, 0.25) is 0 Å². The fourth-order valence-corrected chi connectivity index (χ4v) is 5.29. The Morgan fingerprint density at radius 1 is 0.969 bits per heavy atom. The fourth-order valence-electron chi connectivity index (χ4n) is 5.29. The van der Waals surface area contributed by atoms with E-state index in [2.05, 4.69) is 70.6 Å². The molecule has 2 aliphatic rings. The lowest BCUT2D eigenvalue weighted by molar-refractivity contribution is -0.0145. The number of hydrogen-bond donors (Lipinski definition) is 0. The lowest BCUT2D eigenvalue weighted by Gasteiger charge is -2.42. The van der Waals surface area contributed by atoms with Gasteiger partial charge in [-0.25, -0.2) is 4.98 Å². The Hall–Kier alpha value is -2.48. The first-order chi connectivity index (χ1) is 15.5. The summed E-state index contributed by atoms with van der Waals surface area (Å²) in [6, 6.07) is 11.0. The van der Waals surface area contributed by atoms with Crippen LogP contribution in [-0.2, 0) is 4.74 Å². The molecule has 0 N–H and O–H groups in total. The van der Waals surface area contributed by atoms with Crippen molar-refractivity contribution < 1.29 is 4.74 Å². The van der Waals surface area contributed by atoms with Gasteiger partial charge in [-0.3, -0.25) is 14.3 Å². The van der Waals surface area contributed by atoms with Gasteiger partial charge in [-0.2, -0.15) is 0 Å². The number of aryl methyl sites for hydroxylation is 1. The summed E-state index contributed by atoms with van der Waals surface area (Å²) in [5.41, 5.74) is 4.49. The quantitative estimate of drug-likeness (QED) is 0.628. The molecule has 0 spiro atoms. The second kappa shape index (κ2) is 8.81. The maximum atomic E-state index is 5.88. The molecule has 0 aromatic carbocycles. The van der Waals surface area contributed by atoms with Gasteiger partial charge in [0.15, 0.2) is 0 Å². The Balaban J connectivity index is 1.49. The highest BCUT2D eigenvalue weighted by Crippen LogP contribution is 2.41. The van der Waals surface area contributed by atoms with Crippen molar-refractivity contribution in [3.05, 3.63) is 59.7 Å². The van der Waals surface area contributed by atoms with E-state index in [1.165, 1.54) is 11.4 Å². The molecule has 3 aromatic rings. The van der Waals surface area contributed by atoms with Crippen molar-refractivity contribution in [2.24, 2.45) is 0 Å². The van der Waals surface area contributed by atoms with Crippen LogP contribution in [0.1, 0.15) is 41.9 Å². The van der Waals surface area contributed by atoms with Gasteiger partial charge in [0.25, 0.3) is 0 Å². The predicted molar refractivity (Wildman–Crippen MR) is 127 cm³/mol. The molecule has 0 radical (unpaired) electrons. The zero-order valence-electron chi connectivity index (χ0n) is 19.6. The number of likely N-dealkylation sites (N-methyl/N-ethyl adjacent to an activating group) is 1. The minimum Gasteiger partial charge on any atom is -0.381 e. The van der Waals surface area contributed by atoms with Crippen LogP contribution in [0, 0.1) is 6.92 Å². The Kier molecular flexibility index (Phi) is 5.88. The number of anilines is 1. The van der Waals surface area contributed by atoms with Crippen molar-refractivity contribution in [1.29, 1.82) is 0 Å². The van der Waals surface area contributed by atoms with Gasteiger partial charge in [-0.1, -0.05) is 12.1 Å². The first-order valence-corrected chi connectivity index (χ1v) is 11.6. The van der Waals surface area contributed by atoms with Crippen LogP contribution in [0.4, 0.5) is 5.82 Å². The van der Waals surface area contributed by atoms with E-state index in [1.807, 2.05) is 19.4 Å². The summed E-state index contributed by atoms with van der Waals surface area (Å²) in [6.07, 6.45) is 6.20. The van der Waals surface area contributed by atoms with E-state index < -0.39 is 0 Å². The number of hydrogen-bond acceptors (Lipinski definition) is 6. The topological polar surface area (TPSA) is 49.1 Å². The molecular weight excluding hydrogens is 400 g/mol. The third kappa shape index (κ3) is 3.89. The molecule has 3 atom stereocenters. The summed E-state index contributed by atoms with van der Waals surface area (Å²) in [5, 5.41) is 0. The highest BCUT2D eigenvalue weighted by molar-refractivity contribution is 5.53. The van der Waals surface area contributed by atoms with Gasteiger partial charge in [0.05, 0.1) is 29.6 Å². The average molecular weight is 435 g/mol. The number of nitrogens with zero attached hydrogens (tertiary/aromatic N) is 6. The Morgan fingerprint density at radius 3 is 2.50 bits per heavy atom.